The third-order valence-corrected chi connectivity index (χ3v) is 5.71. The zero-order valence-electron chi connectivity index (χ0n) is 18.8. The van der Waals surface area contributed by atoms with Crippen LogP contribution in [-0.2, 0) is 22.5 Å². The number of imidazole rings is 1. The Kier molecular flexibility index (Phi) is 7.01. The smallest absolute Gasteiger partial charge is 0.325 e. The van der Waals surface area contributed by atoms with Crippen LogP contribution in [0.5, 0.6) is 0 Å². The second-order valence-electron chi connectivity index (χ2n) is 7.99. The zero-order valence-corrected chi connectivity index (χ0v) is 18.8. The van der Waals surface area contributed by atoms with Crippen LogP contribution in [0.2, 0.25) is 0 Å². The fourth-order valence-corrected chi connectivity index (χ4v) is 3.94. The average Bonchev–Trinajstić information content (AvgIpc) is 3.04. The number of esters is 1. The Bertz CT molecular complexity index is 1200. The highest BCUT2D eigenvalue weighted by Gasteiger charge is 2.24. The molecule has 0 saturated carbocycles. The number of nitrogens with one attached hydrogen (secondary N) is 2. The molecule has 1 aromatic heterocycles. The lowest BCUT2D eigenvalue weighted by molar-refractivity contribution is -0.139. The van der Waals surface area contributed by atoms with Gasteiger partial charge in [-0.3, -0.25) is 14.4 Å². The van der Waals surface area contributed by atoms with Gasteiger partial charge >= 0.3 is 5.97 Å². The van der Waals surface area contributed by atoms with Crippen LogP contribution in [0, 0.1) is 5.82 Å². The molecule has 3 aromatic rings. The summed E-state index contributed by atoms with van der Waals surface area (Å²) >= 11 is 0. The molecule has 0 radical (unpaired) electrons. The van der Waals surface area contributed by atoms with Gasteiger partial charge in [-0.15, -0.1) is 0 Å². The number of aromatic nitrogens is 2. The van der Waals surface area contributed by atoms with Crippen LogP contribution in [-0.4, -0.2) is 41.0 Å². The number of anilines is 1. The number of rotatable bonds is 6. The quantitative estimate of drug-likeness (QED) is 0.543. The van der Waals surface area contributed by atoms with E-state index in [0.717, 1.165) is 43.5 Å². The van der Waals surface area contributed by atoms with Gasteiger partial charge in [-0.1, -0.05) is 6.42 Å². The number of halogens is 1. The molecule has 2 aromatic carbocycles. The number of nitrogens with zero attached hydrogens (tertiary/aromatic N) is 2. The van der Waals surface area contributed by atoms with Gasteiger partial charge in [0.25, 0.3) is 11.8 Å². The fraction of sp³-hybridized carbons (Fsp3) is 0.280. The fourth-order valence-electron chi connectivity index (χ4n) is 3.94. The third-order valence-electron chi connectivity index (χ3n) is 5.71. The van der Waals surface area contributed by atoms with Gasteiger partial charge in [-0.2, -0.15) is 0 Å². The highest BCUT2D eigenvalue weighted by Crippen LogP contribution is 2.28. The van der Waals surface area contributed by atoms with Gasteiger partial charge in [0, 0.05) is 23.4 Å². The zero-order chi connectivity index (χ0) is 24.1. The van der Waals surface area contributed by atoms with Gasteiger partial charge < -0.3 is 19.9 Å². The van der Waals surface area contributed by atoms with Crippen LogP contribution in [0.15, 0.2) is 48.5 Å². The first-order valence-electron chi connectivity index (χ1n) is 11.1. The number of amides is 2. The summed E-state index contributed by atoms with van der Waals surface area (Å²) in [4.78, 5) is 41.1. The SMILES string of the molecule is COC(=O)CNC(=O)c1ccc(NC(=O)c2nc(-c3ccc(F)cc3)n3c2CCCCC3)cc1. The maximum atomic E-state index is 13.4. The van der Waals surface area contributed by atoms with Crippen molar-refractivity contribution in [2.45, 2.75) is 32.2 Å². The number of ether oxygens (including phenoxy) is 1. The predicted octanol–water partition coefficient (Wildman–Crippen LogP) is 3.57. The van der Waals surface area contributed by atoms with Crippen molar-refractivity contribution < 1.29 is 23.5 Å². The molecule has 1 aliphatic rings. The molecule has 0 spiro atoms. The lowest BCUT2D eigenvalue weighted by Gasteiger charge is -2.09. The van der Waals surface area contributed by atoms with E-state index in [1.807, 2.05) is 0 Å². The summed E-state index contributed by atoms with van der Waals surface area (Å²) in [5.74, 6) is -0.989. The van der Waals surface area contributed by atoms with Crippen molar-refractivity contribution in [1.29, 1.82) is 0 Å². The molecule has 2 heterocycles. The first-order chi connectivity index (χ1) is 16.5. The molecule has 4 rings (SSSR count). The van der Waals surface area contributed by atoms with E-state index in [2.05, 4.69) is 24.9 Å². The monoisotopic (exact) mass is 464 g/mol. The molecule has 0 saturated heterocycles. The van der Waals surface area contributed by atoms with Crippen molar-refractivity contribution in [3.8, 4) is 11.4 Å². The number of methoxy groups -OCH3 is 1. The molecule has 34 heavy (non-hydrogen) atoms. The number of carbonyl (C=O) groups excluding carboxylic acids is 3. The summed E-state index contributed by atoms with van der Waals surface area (Å²) in [7, 11) is 1.24. The van der Waals surface area contributed by atoms with E-state index in [0.29, 0.717) is 22.8 Å². The molecule has 0 aliphatic carbocycles. The lowest BCUT2D eigenvalue weighted by atomic mass is 10.1. The van der Waals surface area contributed by atoms with E-state index in [-0.39, 0.29) is 18.3 Å². The summed E-state index contributed by atoms with van der Waals surface area (Å²) < 4.78 is 20.0. The summed E-state index contributed by atoms with van der Waals surface area (Å²) in [6, 6.07) is 12.4. The Morgan fingerprint density at radius 2 is 1.74 bits per heavy atom. The van der Waals surface area contributed by atoms with Crippen LogP contribution in [0.1, 0.15) is 45.8 Å². The summed E-state index contributed by atoms with van der Waals surface area (Å²) in [5.41, 5.74) is 2.82. The number of carbonyl (C=O) groups is 3. The Balaban J connectivity index is 1.53. The van der Waals surface area contributed by atoms with Crippen molar-refractivity contribution in [2.24, 2.45) is 0 Å². The van der Waals surface area contributed by atoms with Crippen molar-refractivity contribution >= 4 is 23.5 Å². The van der Waals surface area contributed by atoms with Crippen LogP contribution in [0.25, 0.3) is 11.4 Å². The highest BCUT2D eigenvalue weighted by molar-refractivity contribution is 6.04. The van der Waals surface area contributed by atoms with Gasteiger partial charge in [0.05, 0.1) is 12.8 Å². The van der Waals surface area contributed by atoms with Crippen molar-refractivity contribution in [1.82, 2.24) is 14.9 Å². The van der Waals surface area contributed by atoms with Crippen molar-refractivity contribution in [3.63, 3.8) is 0 Å². The molecule has 0 bridgehead atoms. The Morgan fingerprint density at radius 1 is 1.00 bits per heavy atom. The van der Waals surface area contributed by atoms with Crippen molar-refractivity contribution in [2.75, 3.05) is 19.0 Å². The number of benzene rings is 2. The van der Waals surface area contributed by atoms with Gasteiger partial charge in [0.15, 0.2) is 0 Å². The molecular formula is C25H25FN4O4. The maximum Gasteiger partial charge on any atom is 0.325 e. The molecule has 2 N–H and O–H groups in total. The van der Waals surface area contributed by atoms with Gasteiger partial charge in [0.2, 0.25) is 0 Å². The highest BCUT2D eigenvalue weighted by atomic mass is 19.1. The molecule has 0 atom stereocenters. The average molecular weight is 464 g/mol. The molecule has 176 valence electrons. The van der Waals surface area contributed by atoms with E-state index in [1.165, 1.54) is 19.2 Å². The van der Waals surface area contributed by atoms with Gasteiger partial charge in [0.1, 0.15) is 23.9 Å². The lowest BCUT2D eigenvalue weighted by Crippen LogP contribution is -2.30. The van der Waals surface area contributed by atoms with Crippen LogP contribution < -0.4 is 10.6 Å². The molecule has 2 amide bonds. The van der Waals surface area contributed by atoms with Gasteiger partial charge in [-0.05, 0) is 67.8 Å². The minimum atomic E-state index is -0.545. The molecule has 9 heteroatoms. The predicted molar refractivity (Wildman–Crippen MR) is 124 cm³/mol. The Hall–Kier alpha value is -4.01. The maximum absolute atomic E-state index is 13.4. The molecule has 8 nitrogen and oxygen atoms in total. The largest absolute Gasteiger partial charge is 0.468 e. The summed E-state index contributed by atoms with van der Waals surface area (Å²) in [6.45, 7) is 0.521. The Labute approximate surface area is 196 Å². The van der Waals surface area contributed by atoms with Crippen LogP contribution in [0.3, 0.4) is 0 Å². The van der Waals surface area contributed by atoms with E-state index in [9.17, 15) is 18.8 Å². The topological polar surface area (TPSA) is 102 Å². The van der Waals surface area contributed by atoms with Crippen LogP contribution >= 0.6 is 0 Å². The number of hydrogen-bond donors (Lipinski definition) is 2. The third kappa shape index (κ3) is 5.14. The Morgan fingerprint density at radius 3 is 2.44 bits per heavy atom. The second kappa shape index (κ2) is 10.3. The first-order valence-corrected chi connectivity index (χ1v) is 11.1. The molecular weight excluding hydrogens is 439 g/mol. The minimum Gasteiger partial charge on any atom is -0.468 e. The van der Waals surface area contributed by atoms with E-state index in [1.54, 1.807) is 36.4 Å². The van der Waals surface area contributed by atoms with Gasteiger partial charge in [-0.25, -0.2) is 9.37 Å². The number of hydrogen-bond acceptors (Lipinski definition) is 5. The molecule has 1 aliphatic heterocycles. The molecule has 0 unspecified atom stereocenters. The first kappa shape index (κ1) is 23.2. The normalized spacial score (nSPS) is 12.9. The summed E-state index contributed by atoms with van der Waals surface area (Å²) in [5, 5.41) is 5.31. The molecule has 0 fully saturated rings. The second-order valence-corrected chi connectivity index (χ2v) is 7.99. The van der Waals surface area contributed by atoms with E-state index < -0.39 is 11.9 Å². The number of fused-ring (bicyclic) bond motifs is 1. The minimum absolute atomic E-state index is 0.227. The van der Waals surface area contributed by atoms with E-state index >= 15 is 0 Å². The van der Waals surface area contributed by atoms with E-state index in [4.69, 9.17) is 0 Å². The van der Waals surface area contributed by atoms with Crippen LogP contribution in [0.4, 0.5) is 10.1 Å². The van der Waals surface area contributed by atoms with Crippen molar-refractivity contribution in [3.05, 3.63) is 71.3 Å². The summed E-state index contributed by atoms with van der Waals surface area (Å²) in [6.07, 6.45) is 3.74. The standard InChI is InChI=1S/C25H25FN4O4/c1-34-21(31)15-27-24(32)17-8-12-19(13-9-17)28-25(33)22-20-5-3-2-4-14-30(20)23(29-22)16-6-10-18(26)11-7-16/h6-13H,2-5,14-15H2,1H3,(H,27,32)(H,28,33).